The molecular weight excluding hydrogens is 318 g/mol. The molecule has 0 aliphatic carbocycles. The van der Waals surface area contributed by atoms with Crippen molar-refractivity contribution >= 4 is 16.8 Å². The van der Waals surface area contributed by atoms with Crippen LogP contribution in [0, 0.1) is 6.92 Å². The zero-order chi connectivity index (χ0) is 17.6. The van der Waals surface area contributed by atoms with Gasteiger partial charge in [0, 0.05) is 49.7 Å². The van der Waals surface area contributed by atoms with E-state index in [1.54, 1.807) is 0 Å². The predicted octanol–water partition coefficient (Wildman–Crippen LogP) is 1.22. The van der Waals surface area contributed by atoms with E-state index in [1.165, 1.54) is 10.9 Å². The van der Waals surface area contributed by atoms with Gasteiger partial charge in [0.2, 0.25) is 5.91 Å². The van der Waals surface area contributed by atoms with Crippen LogP contribution in [0.15, 0.2) is 24.4 Å². The maximum Gasteiger partial charge on any atom is 0.220 e. The number of aromatic nitrogens is 1. The Labute approximate surface area is 148 Å². The maximum atomic E-state index is 12.1. The molecule has 1 amide bonds. The van der Waals surface area contributed by atoms with Gasteiger partial charge in [0.1, 0.15) is 0 Å². The number of hydrogen-bond acceptors (Lipinski definition) is 4. The van der Waals surface area contributed by atoms with Crippen LogP contribution in [0.25, 0.3) is 10.9 Å². The van der Waals surface area contributed by atoms with Gasteiger partial charge in [0.15, 0.2) is 0 Å². The number of hydrogen-bond donors (Lipinski definition) is 3. The van der Waals surface area contributed by atoms with Gasteiger partial charge < -0.3 is 20.1 Å². The summed E-state index contributed by atoms with van der Waals surface area (Å²) >= 11 is 0. The first kappa shape index (κ1) is 17.9. The third kappa shape index (κ3) is 5.04. The highest BCUT2D eigenvalue weighted by Gasteiger charge is 2.15. The van der Waals surface area contributed by atoms with Crippen molar-refractivity contribution in [2.75, 3.05) is 39.4 Å². The van der Waals surface area contributed by atoms with Crippen LogP contribution in [0.2, 0.25) is 0 Å². The SMILES string of the molecule is Cc1ccc2[nH]cc(CCC(=O)NCC(O)CN3CCOCC3)c2c1. The first-order valence-corrected chi connectivity index (χ1v) is 8.93. The van der Waals surface area contributed by atoms with Crippen molar-refractivity contribution in [2.24, 2.45) is 0 Å². The van der Waals surface area contributed by atoms with Crippen molar-refractivity contribution in [1.29, 1.82) is 0 Å². The normalized spacial score (nSPS) is 16.9. The Morgan fingerprint density at radius 1 is 1.40 bits per heavy atom. The van der Waals surface area contributed by atoms with Crippen LogP contribution in [-0.2, 0) is 16.0 Å². The number of rotatable bonds is 7. The molecule has 25 heavy (non-hydrogen) atoms. The van der Waals surface area contributed by atoms with E-state index in [0.717, 1.165) is 24.2 Å². The predicted molar refractivity (Wildman–Crippen MR) is 97.6 cm³/mol. The van der Waals surface area contributed by atoms with E-state index < -0.39 is 6.10 Å². The molecule has 0 saturated carbocycles. The molecule has 1 aliphatic heterocycles. The third-order valence-corrected chi connectivity index (χ3v) is 4.65. The average molecular weight is 345 g/mol. The summed E-state index contributed by atoms with van der Waals surface area (Å²) in [5, 5.41) is 14.1. The highest BCUT2D eigenvalue weighted by Crippen LogP contribution is 2.20. The van der Waals surface area contributed by atoms with Crippen LogP contribution in [0.3, 0.4) is 0 Å². The second-order valence-electron chi connectivity index (χ2n) is 6.73. The van der Waals surface area contributed by atoms with Crippen molar-refractivity contribution in [3.63, 3.8) is 0 Å². The molecule has 136 valence electrons. The number of aromatic amines is 1. The smallest absolute Gasteiger partial charge is 0.220 e. The number of aliphatic hydroxyl groups excluding tert-OH is 1. The molecule has 1 fully saturated rings. The molecule has 3 rings (SSSR count). The van der Waals surface area contributed by atoms with Crippen LogP contribution < -0.4 is 5.32 Å². The highest BCUT2D eigenvalue weighted by molar-refractivity contribution is 5.84. The Bertz CT molecular complexity index is 707. The average Bonchev–Trinajstić information content (AvgIpc) is 3.01. The Morgan fingerprint density at radius 3 is 3.00 bits per heavy atom. The number of aliphatic hydroxyl groups is 1. The fraction of sp³-hybridized carbons (Fsp3) is 0.526. The molecule has 1 aromatic heterocycles. The molecule has 1 aromatic carbocycles. The number of benzene rings is 1. The largest absolute Gasteiger partial charge is 0.390 e. The van der Waals surface area contributed by atoms with Crippen LogP contribution in [0.5, 0.6) is 0 Å². The van der Waals surface area contributed by atoms with Crippen LogP contribution >= 0.6 is 0 Å². The minimum atomic E-state index is -0.544. The lowest BCUT2D eigenvalue weighted by molar-refractivity contribution is -0.121. The molecule has 0 bridgehead atoms. The minimum absolute atomic E-state index is 0.0250. The van der Waals surface area contributed by atoms with E-state index in [9.17, 15) is 9.90 Å². The number of nitrogens with zero attached hydrogens (tertiary/aromatic N) is 1. The summed E-state index contributed by atoms with van der Waals surface area (Å²) in [4.78, 5) is 17.5. The fourth-order valence-corrected chi connectivity index (χ4v) is 3.21. The number of aryl methyl sites for hydroxylation is 2. The minimum Gasteiger partial charge on any atom is -0.390 e. The molecular formula is C19H27N3O3. The summed E-state index contributed by atoms with van der Waals surface area (Å²) in [6, 6.07) is 6.28. The molecule has 1 unspecified atom stereocenters. The molecule has 6 nitrogen and oxygen atoms in total. The van der Waals surface area contributed by atoms with Crippen LogP contribution in [0.4, 0.5) is 0 Å². The van der Waals surface area contributed by atoms with E-state index >= 15 is 0 Å². The number of fused-ring (bicyclic) bond motifs is 1. The molecule has 6 heteroatoms. The number of H-pyrrole nitrogens is 1. The summed E-state index contributed by atoms with van der Waals surface area (Å²) < 4.78 is 5.29. The molecule has 1 saturated heterocycles. The van der Waals surface area contributed by atoms with Crippen molar-refractivity contribution < 1.29 is 14.6 Å². The van der Waals surface area contributed by atoms with Gasteiger partial charge in [-0.05, 0) is 31.0 Å². The second-order valence-corrected chi connectivity index (χ2v) is 6.73. The standard InChI is InChI=1S/C19H27N3O3/c1-14-2-4-18-17(10-14)15(11-20-18)3-5-19(24)21-12-16(23)13-22-6-8-25-9-7-22/h2,4,10-11,16,20,23H,3,5-9,12-13H2,1H3,(H,21,24). The molecule has 1 aliphatic rings. The Morgan fingerprint density at radius 2 is 2.20 bits per heavy atom. The van der Waals surface area contributed by atoms with E-state index in [2.05, 4.69) is 40.3 Å². The molecule has 2 heterocycles. The van der Waals surface area contributed by atoms with Crippen molar-refractivity contribution in [2.45, 2.75) is 25.9 Å². The number of morpholine rings is 1. The number of amides is 1. The molecule has 0 spiro atoms. The van der Waals surface area contributed by atoms with E-state index in [0.29, 0.717) is 39.1 Å². The summed E-state index contributed by atoms with van der Waals surface area (Å²) in [6.07, 6.45) is 2.54. The molecule has 3 N–H and O–H groups in total. The number of carbonyl (C=O) groups excluding carboxylic acids is 1. The van der Waals surface area contributed by atoms with Gasteiger partial charge in [0.05, 0.1) is 19.3 Å². The Balaban J connectivity index is 1.42. The van der Waals surface area contributed by atoms with Gasteiger partial charge >= 0.3 is 0 Å². The summed E-state index contributed by atoms with van der Waals surface area (Å²) in [5.41, 5.74) is 3.47. The van der Waals surface area contributed by atoms with E-state index in [-0.39, 0.29) is 5.91 Å². The van der Waals surface area contributed by atoms with Gasteiger partial charge in [-0.1, -0.05) is 11.6 Å². The monoisotopic (exact) mass is 345 g/mol. The van der Waals surface area contributed by atoms with E-state index in [4.69, 9.17) is 4.74 Å². The van der Waals surface area contributed by atoms with Crippen LogP contribution in [0.1, 0.15) is 17.5 Å². The van der Waals surface area contributed by atoms with Gasteiger partial charge in [-0.2, -0.15) is 0 Å². The quantitative estimate of drug-likeness (QED) is 0.705. The van der Waals surface area contributed by atoms with Crippen molar-refractivity contribution in [3.8, 4) is 0 Å². The number of β-amino-alcohol motifs (C(OH)–C–C–N with tert-alkyl or cyclic N) is 1. The lowest BCUT2D eigenvalue weighted by atomic mass is 10.1. The van der Waals surface area contributed by atoms with E-state index in [1.807, 2.05) is 6.20 Å². The fourth-order valence-electron chi connectivity index (χ4n) is 3.21. The lowest BCUT2D eigenvalue weighted by Crippen LogP contribution is -2.44. The van der Waals surface area contributed by atoms with Crippen molar-refractivity contribution in [3.05, 3.63) is 35.5 Å². The van der Waals surface area contributed by atoms with Gasteiger partial charge in [-0.15, -0.1) is 0 Å². The van der Waals surface area contributed by atoms with Crippen LogP contribution in [-0.4, -0.2) is 66.4 Å². The number of ether oxygens (including phenoxy) is 1. The first-order chi connectivity index (χ1) is 12.1. The molecule has 0 radical (unpaired) electrons. The van der Waals surface area contributed by atoms with Gasteiger partial charge in [-0.25, -0.2) is 0 Å². The molecule has 2 aromatic rings. The Hall–Kier alpha value is -1.89. The lowest BCUT2D eigenvalue weighted by Gasteiger charge is -2.28. The summed E-state index contributed by atoms with van der Waals surface area (Å²) in [5.74, 6) is -0.0250. The summed E-state index contributed by atoms with van der Waals surface area (Å²) in [7, 11) is 0. The number of carbonyl (C=O) groups is 1. The summed E-state index contributed by atoms with van der Waals surface area (Å²) in [6.45, 7) is 6.04. The second kappa shape index (κ2) is 8.47. The maximum absolute atomic E-state index is 12.1. The highest BCUT2D eigenvalue weighted by atomic mass is 16.5. The topological polar surface area (TPSA) is 77.6 Å². The zero-order valence-electron chi connectivity index (χ0n) is 14.8. The first-order valence-electron chi connectivity index (χ1n) is 8.93. The third-order valence-electron chi connectivity index (χ3n) is 4.65. The zero-order valence-corrected chi connectivity index (χ0v) is 14.8. The van der Waals surface area contributed by atoms with Gasteiger partial charge in [-0.3, -0.25) is 9.69 Å². The van der Waals surface area contributed by atoms with Gasteiger partial charge in [0.25, 0.3) is 0 Å². The number of nitrogens with one attached hydrogen (secondary N) is 2. The molecule has 1 atom stereocenters. The Kier molecular flexibility index (Phi) is 6.07. The van der Waals surface area contributed by atoms with Crippen molar-refractivity contribution in [1.82, 2.24) is 15.2 Å².